The number of fused-ring (bicyclic) bond motifs is 1. The predicted octanol–water partition coefficient (Wildman–Crippen LogP) is 3.49. The average molecular weight is 351 g/mol. The summed E-state index contributed by atoms with van der Waals surface area (Å²) in [5.74, 6) is -1.47. The Morgan fingerprint density at radius 1 is 1.00 bits per heavy atom. The second kappa shape index (κ2) is 7.78. The van der Waals surface area contributed by atoms with Crippen LogP contribution in [0.5, 0.6) is 0 Å². The standard InChI is InChI=1S/C21H18FNO3/c1-26-21(25)19(13-16-8-4-5-9-18(16)22)23-20(24)17-11-10-14-6-2-3-7-15(14)12-17/h2-12,19H,13H2,1H3,(H,23,24)/t19-/m1/s1. The van der Waals surface area contributed by atoms with Crippen molar-refractivity contribution >= 4 is 22.6 Å². The average Bonchev–Trinajstić information content (AvgIpc) is 2.68. The maximum atomic E-state index is 13.9. The lowest BCUT2D eigenvalue weighted by Crippen LogP contribution is -2.43. The molecule has 5 heteroatoms. The van der Waals surface area contributed by atoms with Crippen molar-refractivity contribution in [2.75, 3.05) is 7.11 Å². The molecule has 0 aliphatic carbocycles. The van der Waals surface area contributed by atoms with E-state index in [-0.39, 0.29) is 6.42 Å². The third kappa shape index (κ3) is 3.88. The molecule has 3 aromatic carbocycles. The van der Waals surface area contributed by atoms with Crippen molar-refractivity contribution < 1.29 is 18.7 Å². The fourth-order valence-electron chi connectivity index (χ4n) is 2.79. The summed E-state index contributed by atoms with van der Waals surface area (Å²) >= 11 is 0. The van der Waals surface area contributed by atoms with E-state index < -0.39 is 23.7 Å². The lowest BCUT2D eigenvalue weighted by atomic mass is 10.0. The molecule has 0 fully saturated rings. The van der Waals surface area contributed by atoms with E-state index in [4.69, 9.17) is 4.74 Å². The SMILES string of the molecule is COC(=O)[C@@H](Cc1ccccc1F)NC(=O)c1ccc2ccccc2c1. The minimum Gasteiger partial charge on any atom is -0.467 e. The van der Waals surface area contributed by atoms with Crippen molar-refractivity contribution in [2.45, 2.75) is 12.5 Å². The van der Waals surface area contributed by atoms with Gasteiger partial charge in [0.2, 0.25) is 0 Å². The maximum absolute atomic E-state index is 13.9. The van der Waals surface area contributed by atoms with E-state index in [1.807, 2.05) is 30.3 Å². The summed E-state index contributed by atoms with van der Waals surface area (Å²) in [6, 6.07) is 18.1. The molecule has 0 aliphatic heterocycles. The molecular weight excluding hydrogens is 333 g/mol. The predicted molar refractivity (Wildman–Crippen MR) is 97.3 cm³/mol. The number of benzene rings is 3. The Morgan fingerprint density at radius 2 is 1.69 bits per heavy atom. The smallest absolute Gasteiger partial charge is 0.328 e. The minimum atomic E-state index is -0.976. The second-order valence-electron chi connectivity index (χ2n) is 5.91. The summed E-state index contributed by atoms with van der Waals surface area (Å²) in [4.78, 5) is 24.6. The van der Waals surface area contributed by atoms with Crippen LogP contribution >= 0.6 is 0 Å². The summed E-state index contributed by atoms with van der Waals surface area (Å²) in [6.45, 7) is 0. The fraction of sp³-hybridized carbons (Fsp3) is 0.143. The van der Waals surface area contributed by atoms with Gasteiger partial charge in [-0.2, -0.15) is 0 Å². The normalized spacial score (nSPS) is 11.8. The first kappa shape index (κ1) is 17.6. The molecule has 0 aromatic heterocycles. The summed E-state index contributed by atoms with van der Waals surface area (Å²) in [5, 5.41) is 4.58. The highest BCUT2D eigenvalue weighted by Gasteiger charge is 2.23. The molecular formula is C21H18FNO3. The van der Waals surface area contributed by atoms with E-state index in [2.05, 4.69) is 5.32 Å². The van der Waals surface area contributed by atoms with Crippen LogP contribution in [0.3, 0.4) is 0 Å². The third-order valence-corrected chi connectivity index (χ3v) is 4.18. The first-order valence-electron chi connectivity index (χ1n) is 8.19. The zero-order valence-electron chi connectivity index (χ0n) is 14.2. The molecule has 0 unspecified atom stereocenters. The van der Waals surface area contributed by atoms with E-state index in [9.17, 15) is 14.0 Å². The highest BCUT2D eigenvalue weighted by atomic mass is 19.1. The fourth-order valence-corrected chi connectivity index (χ4v) is 2.79. The summed E-state index contributed by atoms with van der Waals surface area (Å²) in [5.41, 5.74) is 0.757. The van der Waals surface area contributed by atoms with Crippen molar-refractivity contribution in [1.82, 2.24) is 5.32 Å². The van der Waals surface area contributed by atoms with Gasteiger partial charge in [0.15, 0.2) is 0 Å². The molecule has 0 radical (unpaired) electrons. The van der Waals surface area contributed by atoms with Gasteiger partial charge in [0.05, 0.1) is 7.11 Å². The van der Waals surface area contributed by atoms with Crippen molar-refractivity contribution in [3.63, 3.8) is 0 Å². The van der Waals surface area contributed by atoms with Crippen LogP contribution in [0, 0.1) is 5.82 Å². The summed E-state index contributed by atoms with van der Waals surface area (Å²) in [7, 11) is 1.23. The van der Waals surface area contributed by atoms with Gasteiger partial charge in [0.25, 0.3) is 5.91 Å². The van der Waals surface area contributed by atoms with Gasteiger partial charge in [0.1, 0.15) is 11.9 Å². The molecule has 132 valence electrons. The van der Waals surface area contributed by atoms with Crippen molar-refractivity contribution in [2.24, 2.45) is 0 Å². The number of hydrogen-bond donors (Lipinski definition) is 1. The number of carbonyl (C=O) groups is 2. The van der Waals surface area contributed by atoms with Gasteiger partial charge in [-0.25, -0.2) is 9.18 Å². The lowest BCUT2D eigenvalue weighted by Gasteiger charge is -2.17. The topological polar surface area (TPSA) is 55.4 Å². The molecule has 0 aliphatic rings. The molecule has 26 heavy (non-hydrogen) atoms. The highest BCUT2D eigenvalue weighted by molar-refractivity contribution is 6.00. The van der Waals surface area contributed by atoms with Crippen LogP contribution in [0.15, 0.2) is 66.7 Å². The lowest BCUT2D eigenvalue weighted by molar-refractivity contribution is -0.142. The molecule has 0 heterocycles. The van der Waals surface area contributed by atoms with Gasteiger partial charge < -0.3 is 10.1 Å². The van der Waals surface area contributed by atoms with E-state index in [0.717, 1.165) is 10.8 Å². The number of ether oxygens (including phenoxy) is 1. The zero-order valence-corrected chi connectivity index (χ0v) is 14.2. The van der Waals surface area contributed by atoms with Crippen LogP contribution in [-0.2, 0) is 16.0 Å². The van der Waals surface area contributed by atoms with E-state index in [1.54, 1.807) is 30.3 Å². The Hall–Kier alpha value is -3.21. The molecule has 4 nitrogen and oxygen atoms in total. The van der Waals surface area contributed by atoms with Crippen LogP contribution in [0.1, 0.15) is 15.9 Å². The van der Waals surface area contributed by atoms with Crippen molar-refractivity contribution in [3.05, 3.63) is 83.7 Å². The number of amides is 1. The number of methoxy groups -OCH3 is 1. The second-order valence-corrected chi connectivity index (χ2v) is 5.91. The van der Waals surface area contributed by atoms with E-state index in [0.29, 0.717) is 11.1 Å². The number of carbonyl (C=O) groups excluding carboxylic acids is 2. The summed E-state index contributed by atoms with van der Waals surface area (Å²) < 4.78 is 18.6. The first-order chi connectivity index (χ1) is 12.6. The summed E-state index contributed by atoms with van der Waals surface area (Å²) in [6.07, 6.45) is 0.0126. The van der Waals surface area contributed by atoms with E-state index in [1.165, 1.54) is 13.2 Å². The van der Waals surface area contributed by atoms with Crippen LogP contribution < -0.4 is 5.32 Å². The minimum absolute atomic E-state index is 0.0126. The van der Waals surface area contributed by atoms with Crippen LogP contribution in [0.25, 0.3) is 10.8 Å². The van der Waals surface area contributed by atoms with Gasteiger partial charge in [0, 0.05) is 12.0 Å². The monoisotopic (exact) mass is 351 g/mol. The number of rotatable bonds is 5. The highest BCUT2D eigenvalue weighted by Crippen LogP contribution is 2.16. The van der Waals surface area contributed by atoms with Gasteiger partial charge in [-0.05, 0) is 34.5 Å². The number of esters is 1. The molecule has 0 spiro atoms. The molecule has 0 saturated carbocycles. The molecule has 1 atom stereocenters. The van der Waals surface area contributed by atoms with Gasteiger partial charge in [-0.15, -0.1) is 0 Å². The van der Waals surface area contributed by atoms with Crippen LogP contribution in [-0.4, -0.2) is 25.0 Å². The first-order valence-corrected chi connectivity index (χ1v) is 8.19. The van der Waals surface area contributed by atoms with Gasteiger partial charge in [-0.1, -0.05) is 48.5 Å². The van der Waals surface area contributed by atoms with Crippen LogP contribution in [0.2, 0.25) is 0 Å². The Morgan fingerprint density at radius 3 is 2.42 bits per heavy atom. The maximum Gasteiger partial charge on any atom is 0.328 e. The number of nitrogens with one attached hydrogen (secondary N) is 1. The Kier molecular flexibility index (Phi) is 5.27. The largest absolute Gasteiger partial charge is 0.467 e. The Labute approximate surface area is 150 Å². The Bertz CT molecular complexity index is 955. The third-order valence-electron chi connectivity index (χ3n) is 4.18. The molecule has 1 N–H and O–H groups in total. The molecule has 3 rings (SSSR count). The van der Waals surface area contributed by atoms with Crippen molar-refractivity contribution in [1.29, 1.82) is 0 Å². The zero-order chi connectivity index (χ0) is 18.5. The van der Waals surface area contributed by atoms with Crippen molar-refractivity contribution in [3.8, 4) is 0 Å². The molecule has 1 amide bonds. The van der Waals surface area contributed by atoms with Gasteiger partial charge in [-0.3, -0.25) is 4.79 Å². The van der Waals surface area contributed by atoms with Gasteiger partial charge >= 0.3 is 5.97 Å². The molecule has 3 aromatic rings. The molecule has 0 saturated heterocycles. The van der Waals surface area contributed by atoms with Crippen LogP contribution in [0.4, 0.5) is 4.39 Å². The quantitative estimate of drug-likeness (QED) is 0.716. The number of hydrogen-bond acceptors (Lipinski definition) is 3. The number of halogens is 1. The van der Waals surface area contributed by atoms with E-state index >= 15 is 0 Å². The Balaban J connectivity index is 1.82. The molecule has 0 bridgehead atoms.